The molecule has 0 aliphatic heterocycles. The number of ketones is 1. The average Bonchev–Trinajstić information content (AvgIpc) is 2.68. The summed E-state index contributed by atoms with van der Waals surface area (Å²) < 4.78 is 0. The number of carbonyl (C=O) groups is 5. The number of carboxylic acids is 1. The van der Waals surface area contributed by atoms with Crippen LogP contribution in [0.2, 0.25) is 0 Å². The van der Waals surface area contributed by atoms with Crippen molar-refractivity contribution in [3.63, 3.8) is 0 Å². The van der Waals surface area contributed by atoms with Crippen molar-refractivity contribution in [3.05, 3.63) is 0 Å². The molecule has 2 atom stereocenters. The summed E-state index contributed by atoms with van der Waals surface area (Å²) >= 11 is 0. The summed E-state index contributed by atoms with van der Waals surface area (Å²) in [5, 5.41) is 19.5. The lowest BCUT2D eigenvalue weighted by Gasteiger charge is -2.20. The molecule has 178 valence electrons. The molecule has 0 aromatic carbocycles. The van der Waals surface area contributed by atoms with Gasteiger partial charge in [0.1, 0.15) is 0 Å². The van der Waals surface area contributed by atoms with E-state index in [0.29, 0.717) is 44.7 Å². The zero-order valence-corrected chi connectivity index (χ0v) is 19.1. The standard InChI is InChI=1S/C21H38N4O6/c1-5-22-17(12-14(2)3)21(31)24-13-19(28)25-16(15(4)26)8-6-7-11-23-18(27)9-10-20(29)30/h14,16-17,22H,5-13H2,1-4H3,(H,23,27)(H,24,31)(H,25,28)(H,29,30)/t16-,17-/m0/s1. The molecule has 0 aliphatic rings. The van der Waals surface area contributed by atoms with Gasteiger partial charge in [-0.3, -0.25) is 24.0 Å². The van der Waals surface area contributed by atoms with Crippen LogP contribution in [0, 0.1) is 5.92 Å². The fourth-order valence-electron chi connectivity index (χ4n) is 2.92. The van der Waals surface area contributed by atoms with Crippen molar-refractivity contribution >= 4 is 29.5 Å². The molecule has 0 saturated carbocycles. The van der Waals surface area contributed by atoms with E-state index in [1.165, 1.54) is 6.92 Å². The normalized spacial score (nSPS) is 12.7. The van der Waals surface area contributed by atoms with E-state index >= 15 is 0 Å². The molecular formula is C21H38N4O6. The largest absolute Gasteiger partial charge is 0.481 e. The molecule has 0 radical (unpaired) electrons. The number of nitrogens with one attached hydrogen (secondary N) is 4. The number of carboxylic acid groups (broad SMARTS) is 1. The smallest absolute Gasteiger partial charge is 0.303 e. The van der Waals surface area contributed by atoms with Gasteiger partial charge in [-0.05, 0) is 45.1 Å². The van der Waals surface area contributed by atoms with Crippen LogP contribution in [0.4, 0.5) is 0 Å². The Morgan fingerprint density at radius 3 is 2.13 bits per heavy atom. The molecule has 5 N–H and O–H groups in total. The first kappa shape index (κ1) is 28.5. The second kappa shape index (κ2) is 16.2. The monoisotopic (exact) mass is 442 g/mol. The van der Waals surface area contributed by atoms with Gasteiger partial charge in [-0.1, -0.05) is 20.8 Å². The zero-order chi connectivity index (χ0) is 23.8. The number of rotatable bonds is 17. The van der Waals surface area contributed by atoms with Crippen molar-refractivity contribution in [1.29, 1.82) is 0 Å². The molecule has 0 aromatic rings. The molecule has 0 spiro atoms. The highest BCUT2D eigenvalue weighted by Gasteiger charge is 2.21. The third-order valence-electron chi connectivity index (χ3n) is 4.53. The van der Waals surface area contributed by atoms with Crippen LogP contribution in [0.5, 0.6) is 0 Å². The first-order chi connectivity index (χ1) is 14.6. The number of carbonyl (C=O) groups excluding carboxylic acids is 4. The number of hydrogen-bond donors (Lipinski definition) is 5. The SMILES string of the molecule is CCN[C@@H](CC(C)C)C(=O)NCC(=O)N[C@@H](CCCCNC(=O)CCC(=O)O)C(C)=O. The Morgan fingerprint density at radius 1 is 0.903 bits per heavy atom. The van der Waals surface area contributed by atoms with Gasteiger partial charge in [0.25, 0.3) is 0 Å². The highest BCUT2D eigenvalue weighted by Crippen LogP contribution is 2.05. The third kappa shape index (κ3) is 15.0. The maximum Gasteiger partial charge on any atom is 0.303 e. The van der Waals surface area contributed by atoms with Gasteiger partial charge >= 0.3 is 5.97 Å². The van der Waals surface area contributed by atoms with E-state index in [9.17, 15) is 24.0 Å². The predicted molar refractivity (Wildman–Crippen MR) is 116 cm³/mol. The van der Waals surface area contributed by atoms with Crippen molar-refractivity contribution in [2.45, 2.75) is 78.3 Å². The Labute approximate surface area is 184 Å². The van der Waals surface area contributed by atoms with Gasteiger partial charge in [-0.25, -0.2) is 0 Å². The zero-order valence-electron chi connectivity index (χ0n) is 19.1. The van der Waals surface area contributed by atoms with E-state index < -0.39 is 17.9 Å². The number of hydrogen-bond acceptors (Lipinski definition) is 6. The van der Waals surface area contributed by atoms with Crippen LogP contribution in [0.1, 0.15) is 66.2 Å². The van der Waals surface area contributed by atoms with Gasteiger partial charge < -0.3 is 26.4 Å². The summed E-state index contributed by atoms with van der Waals surface area (Å²) in [7, 11) is 0. The topological polar surface area (TPSA) is 154 Å². The Hall–Kier alpha value is -2.49. The second-order valence-corrected chi connectivity index (χ2v) is 7.93. The lowest BCUT2D eigenvalue weighted by atomic mass is 10.0. The molecule has 10 nitrogen and oxygen atoms in total. The number of amides is 3. The molecule has 0 bridgehead atoms. The molecular weight excluding hydrogens is 404 g/mol. The summed E-state index contributed by atoms with van der Waals surface area (Å²) in [5.41, 5.74) is 0. The van der Waals surface area contributed by atoms with Crippen LogP contribution in [0.15, 0.2) is 0 Å². The summed E-state index contributed by atoms with van der Waals surface area (Å²) in [6.07, 6.45) is 1.96. The number of aliphatic carboxylic acids is 1. The van der Waals surface area contributed by atoms with Crippen LogP contribution in [0.3, 0.4) is 0 Å². The minimum Gasteiger partial charge on any atom is -0.481 e. The van der Waals surface area contributed by atoms with E-state index in [1.54, 1.807) is 0 Å². The molecule has 10 heteroatoms. The number of Topliss-reactive ketones (excluding diaryl/α,β-unsaturated/α-hetero) is 1. The molecule has 0 heterocycles. The van der Waals surface area contributed by atoms with Gasteiger partial charge in [-0.15, -0.1) is 0 Å². The number of likely N-dealkylation sites (N-methyl/N-ethyl adjacent to an activating group) is 1. The van der Waals surface area contributed by atoms with Crippen LogP contribution in [0.25, 0.3) is 0 Å². The van der Waals surface area contributed by atoms with E-state index in [2.05, 4.69) is 21.3 Å². The Morgan fingerprint density at radius 2 is 1.58 bits per heavy atom. The number of unbranched alkanes of at least 4 members (excludes halogenated alkanes) is 1. The molecule has 0 aliphatic carbocycles. The summed E-state index contributed by atoms with van der Waals surface area (Å²) in [6.45, 7) is 8.14. The average molecular weight is 443 g/mol. The van der Waals surface area contributed by atoms with Crippen LogP contribution in [-0.2, 0) is 24.0 Å². The minimum absolute atomic E-state index is 0.0705. The van der Waals surface area contributed by atoms with Crippen LogP contribution >= 0.6 is 0 Å². The van der Waals surface area contributed by atoms with Gasteiger partial charge in [0, 0.05) is 13.0 Å². The van der Waals surface area contributed by atoms with Gasteiger partial charge in [0.2, 0.25) is 17.7 Å². The van der Waals surface area contributed by atoms with Gasteiger partial charge in [-0.2, -0.15) is 0 Å². The van der Waals surface area contributed by atoms with Gasteiger partial charge in [0.15, 0.2) is 5.78 Å². The molecule has 0 saturated heterocycles. The highest BCUT2D eigenvalue weighted by atomic mass is 16.4. The Bertz CT molecular complexity index is 609. The van der Waals surface area contributed by atoms with E-state index in [-0.39, 0.29) is 43.0 Å². The lowest BCUT2D eigenvalue weighted by Crippen LogP contribution is -2.49. The molecule has 0 rings (SSSR count). The van der Waals surface area contributed by atoms with Crippen molar-refractivity contribution in [2.24, 2.45) is 5.92 Å². The van der Waals surface area contributed by atoms with Crippen molar-refractivity contribution in [3.8, 4) is 0 Å². The summed E-state index contributed by atoms with van der Waals surface area (Å²) in [4.78, 5) is 58.1. The van der Waals surface area contributed by atoms with Gasteiger partial charge in [0.05, 0.1) is 25.0 Å². The Balaban J connectivity index is 4.29. The second-order valence-electron chi connectivity index (χ2n) is 7.93. The Kier molecular flexibility index (Phi) is 14.9. The van der Waals surface area contributed by atoms with E-state index in [4.69, 9.17) is 5.11 Å². The molecule has 31 heavy (non-hydrogen) atoms. The highest BCUT2D eigenvalue weighted by molar-refractivity contribution is 5.91. The maximum absolute atomic E-state index is 12.3. The van der Waals surface area contributed by atoms with Crippen LogP contribution in [-0.4, -0.2) is 66.3 Å². The fourth-order valence-corrected chi connectivity index (χ4v) is 2.92. The molecule has 0 unspecified atom stereocenters. The molecule has 3 amide bonds. The van der Waals surface area contributed by atoms with Crippen molar-refractivity contribution in [1.82, 2.24) is 21.3 Å². The first-order valence-corrected chi connectivity index (χ1v) is 10.9. The fraction of sp³-hybridized carbons (Fsp3) is 0.762. The minimum atomic E-state index is -1.02. The van der Waals surface area contributed by atoms with Crippen molar-refractivity contribution in [2.75, 3.05) is 19.6 Å². The summed E-state index contributed by atoms with van der Waals surface area (Å²) in [5.74, 6) is -1.89. The third-order valence-corrected chi connectivity index (χ3v) is 4.53. The summed E-state index contributed by atoms with van der Waals surface area (Å²) in [6, 6.07) is -1.03. The van der Waals surface area contributed by atoms with Crippen LogP contribution < -0.4 is 21.3 Å². The predicted octanol–water partition coefficient (Wildman–Crippen LogP) is 0.352. The maximum atomic E-state index is 12.3. The molecule has 0 aromatic heterocycles. The van der Waals surface area contributed by atoms with Crippen molar-refractivity contribution < 1.29 is 29.1 Å². The first-order valence-electron chi connectivity index (χ1n) is 10.9. The quantitative estimate of drug-likeness (QED) is 0.204. The van der Waals surface area contributed by atoms with E-state index in [1.807, 2.05) is 20.8 Å². The van der Waals surface area contributed by atoms with E-state index in [0.717, 1.165) is 0 Å². The molecule has 0 fully saturated rings. The lowest BCUT2D eigenvalue weighted by molar-refractivity contribution is -0.138.